The maximum Gasteiger partial charge on any atom is 0.217 e. The molecule has 0 aliphatic carbocycles. The highest BCUT2D eigenvalue weighted by molar-refractivity contribution is 5.73. The van der Waals surface area contributed by atoms with E-state index >= 15 is 0 Å². The highest BCUT2D eigenvalue weighted by Gasteiger charge is 2.11. The second-order valence-corrected chi connectivity index (χ2v) is 2.92. The lowest BCUT2D eigenvalue weighted by atomic mass is 10.3. The van der Waals surface area contributed by atoms with Crippen LogP contribution in [0.2, 0.25) is 0 Å². The Bertz CT molecular complexity index is 294. The first-order chi connectivity index (χ1) is 6.13. The van der Waals surface area contributed by atoms with Crippen molar-refractivity contribution in [2.24, 2.45) is 0 Å². The minimum absolute atomic E-state index is 0.0738. The maximum absolute atomic E-state index is 10.7. The number of amides is 1. The molecule has 0 bridgehead atoms. The normalized spacial score (nSPS) is 12.5. The summed E-state index contributed by atoms with van der Waals surface area (Å²) in [6.07, 6.45) is 0.819. The molecule has 0 saturated heterocycles. The summed E-state index contributed by atoms with van der Waals surface area (Å²) in [5.41, 5.74) is 0. The molecule has 1 amide bonds. The summed E-state index contributed by atoms with van der Waals surface area (Å²) in [6, 6.07) is -0.131. The third-order valence-electron chi connectivity index (χ3n) is 1.69. The fourth-order valence-corrected chi connectivity index (χ4v) is 1.03. The molecule has 0 saturated carbocycles. The standard InChI is InChI=1S/C8H14N4O/c1-4-7-10-8(12-11-7)5(2)9-6(3)13/h5H,4H2,1-3H3,(H,9,13)(H,10,11,12). The Labute approximate surface area is 76.9 Å². The van der Waals surface area contributed by atoms with Crippen molar-refractivity contribution in [1.29, 1.82) is 0 Å². The summed E-state index contributed by atoms with van der Waals surface area (Å²) in [4.78, 5) is 14.9. The SMILES string of the molecule is CCc1nc(C(C)NC(C)=O)n[nH]1. The first kappa shape index (κ1) is 9.70. The van der Waals surface area contributed by atoms with Gasteiger partial charge in [0.1, 0.15) is 5.82 Å². The number of hydrogen-bond donors (Lipinski definition) is 2. The Morgan fingerprint density at radius 1 is 1.69 bits per heavy atom. The molecule has 1 atom stereocenters. The van der Waals surface area contributed by atoms with E-state index in [1.165, 1.54) is 6.92 Å². The van der Waals surface area contributed by atoms with E-state index in [4.69, 9.17) is 0 Å². The van der Waals surface area contributed by atoms with Gasteiger partial charge in [-0.25, -0.2) is 4.98 Å². The van der Waals surface area contributed by atoms with Gasteiger partial charge in [0, 0.05) is 13.3 Å². The quantitative estimate of drug-likeness (QED) is 0.717. The second-order valence-electron chi connectivity index (χ2n) is 2.92. The van der Waals surface area contributed by atoms with Crippen LogP contribution in [0.15, 0.2) is 0 Å². The fraction of sp³-hybridized carbons (Fsp3) is 0.625. The molecule has 1 rings (SSSR count). The molecule has 5 heteroatoms. The highest BCUT2D eigenvalue weighted by Crippen LogP contribution is 2.05. The van der Waals surface area contributed by atoms with Crippen LogP contribution in [-0.2, 0) is 11.2 Å². The smallest absolute Gasteiger partial charge is 0.217 e. The molecule has 0 radical (unpaired) electrons. The summed E-state index contributed by atoms with van der Waals surface area (Å²) in [5.74, 6) is 1.40. The fourth-order valence-electron chi connectivity index (χ4n) is 1.03. The van der Waals surface area contributed by atoms with Crippen LogP contribution in [0.1, 0.15) is 38.5 Å². The van der Waals surface area contributed by atoms with Gasteiger partial charge in [-0.15, -0.1) is 0 Å². The zero-order chi connectivity index (χ0) is 9.84. The molecule has 1 aromatic heterocycles. The molecule has 2 N–H and O–H groups in total. The Kier molecular flexibility index (Phi) is 3.00. The summed E-state index contributed by atoms with van der Waals surface area (Å²) >= 11 is 0. The van der Waals surface area contributed by atoms with Gasteiger partial charge in [0.2, 0.25) is 5.91 Å². The Balaban J connectivity index is 2.65. The van der Waals surface area contributed by atoms with Crippen molar-refractivity contribution < 1.29 is 4.79 Å². The highest BCUT2D eigenvalue weighted by atomic mass is 16.1. The van der Waals surface area contributed by atoms with E-state index in [2.05, 4.69) is 20.5 Å². The number of nitrogens with one attached hydrogen (secondary N) is 2. The van der Waals surface area contributed by atoms with Crippen molar-refractivity contribution in [3.63, 3.8) is 0 Å². The minimum atomic E-state index is -0.131. The van der Waals surface area contributed by atoms with E-state index in [0.717, 1.165) is 12.2 Å². The van der Waals surface area contributed by atoms with Gasteiger partial charge in [-0.2, -0.15) is 5.10 Å². The number of aryl methyl sites for hydroxylation is 1. The van der Waals surface area contributed by atoms with E-state index in [9.17, 15) is 4.79 Å². The monoisotopic (exact) mass is 182 g/mol. The van der Waals surface area contributed by atoms with Crippen LogP contribution >= 0.6 is 0 Å². The average molecular weight is 182 g/mol. The number of aromatic nitrogens is 3. The number of hydrogen-bond acceptors (Lipinski definition) is 3. The van der Waals surface area contributed by atoms with Gasteiger partial charge in [0.15, 0.2) is 5.82 Å². The van der Waals surface area contributed by atoms with Crippen LogP contribution < -0.4 is 5.32 Å². The molecule has 1 unspecified atom stereocenters. The van der Waals surface area contributed by atoms with E-state index in [-0.39, 0.29) is 11.9 Å². The van der Waals surface area contributed by atoms with Crippen LogP contribution in [0.4, 0.5) is 0 Å². The van der Waals surface area contributed by atoms with Gasteiger partial charge in [0.05, 0.1) is 6.04 Å². The van der Waals surface area contributed by atoms with Crippen LogP contribution in [0.5, 0.6) is 0 Å². The van der Waals surface area contributed by atoms with Gasteiger partial charge in [0.25, 0.3) is 0 Å². The Hall–Kier alpha value is -1.39. The van der Waals surface area contributed by atoms with Gasteiger partial charge in [-0.05, 0) is 6.92 Å². The van der Waals surface area contributed by atoms with Crippen molar-refractivity contribution in [2.75, 3.05) is 0 Å². The number of aromatic amines is 1. The zero-order valence-electron chi connectivity index (χ0n) is 8.09. The molecule has 1 aromatic rings. The molecule has 5 nitrogen and oxygen atoms in total. The van der Waals surface area contributed by atoms with Gasteiger partial charge < -0.3 is 5.32 Å². The Morgan fingerprint density at radius 2 is 2.38 bits per heavy atom. The van der Waals surface area contributed by atoms with E-state index in [1.807, 2.05) is 13.8 Å². The predicted molar refractivity (Wildman–Crippen MR) is 48.0 cm³/mol. The molecule has 72 valence electrons. The van der Waals surface area contributed by atoms with Gasteiger partial charge >= 0.3 is 0 Å². The third-order valence-corrected chi connectivity index (χ3v) is 1.69. The van der Waals surface area contributed by atoms with E-state index in [0.29, 0.717) is 5.82 Å². The maximum atomic E-state index is 10.7. The molecule has 0 spiro atoms. The van der Waals surface area contributed by atoms with Gasteiger partial charge in [-0.3, -0.25) is 9.89 Å². The summed E-state index contributed by atoms with van der Waals surface area (Å²) in [7, 11) is 0. The van der Waals surface area contributed by atoms with E-state index in [1.54, 1.807) is 0 Å². The van der Waals surface area contributed by atoms with Crippen molar-refractivity contribution in [2.45, 2.75) is 33.2 Å². The largest absolute Gasteiger partial charge is 0.347 e. The lowest BCUT2D eigenvalue weighted by molar-refractivity contribution is -0.119. The number of carbonyl (C=O) groups is 1. The van der Waals surface area contributed by atoms with Crippen LogP contribution in [0.25, 0.3) is 0 Å². The number of carbonyl (C=O) groups excluding carboxylic acids is 1. The van der Waals surface area contributed by atoms with Gasteiger partial charge in [-0.1, -0.05) is 6.92 Å². The van der Waals surface area contributed by atoms with Crippen LogP contribution in [0.3, 0.4) is 0 Å². The first-order valence-corrected chi connectivity index (χ1v) is 4.31. The lowest BCUT2D eigenvalue weighted by Gasteiger charge is -2.06. The average Bonchev–Trinajstić information content (AvgIpc) is 2.50. The molecule has 1 heterocycles. The van der Waals surface area contributed by atoms with Crippen molar-refractivity contribution in [3.8, 4) is 0 Å². The number of H-pyrrole nitrogens is 1. The number of rotatable bonds is 3. The summed E-state index contributed by atoms with van der Waals surface area (Å²) in [6.45, 7) is 5.32. The summed E-state index contributed by atoms with van der Waals surface area (Å²) < 4.78 is 0. The minimum Gasteiger partial charge on any atom is -0.347 e. The molecule has 0 fully saturated rings. The third kappa shape index (κ3) is 2.54. The molecule has 0 aliphatic rings. The van der Waals surface area contributed by atoms with E-state index < -0.39 is 0 Å². The molecule has 0 aromatic carbocycles. The summed E-state index contributed by atoms with van der Waals surface area (Å²) in [5, 5.41) is 9.50. The molecule has 0 aliphatic heterocycles. The lowest BCUT2D eigenvalue weighted by Crippen LogP contribution is -2.24. The Morgan fingerprint density at radius 3 is 2.85 bits per heavy atom. The molecular formula is C8H14N4O. The zero-order valence-corrected chi connectivity index (χ0v) is 8.09. The number of nitrogens with zero attached hydrogens (tertiary/aromatic N) is 2. The van der Waals surface area contributed by atoms with Crippen molar-refractivity contribution in [3.05, 3.63) is 11.6 Å². The topological polar surface area (TPSA) is 70.7 Å². The first-order valence-electron chi connectivity index (χ1n) is 4.31. The van der Waals surface area contributed by atoms with Crippen LogP contribution in [-0.4, -0.2) is 21.1 Å². The van der Waals surface area contributed by atoms with Crippen LogP contribution in [0, 0.1) is 0 Å². The molecular weight excluding hydrogens is 168 g/mol. The molecule has 13 heavy (non-hydrogen) atoms. The second kappa shape index (κ2) is 4.02. The van der Waals surface area contributed by atoms with Crippen molar-refractivity contribution >= 4 is 5.91 Å². The van der Waals surface area contributed by atoms with Crippen molar-refractivity contribution in [1.82, 2.24) is 20.5 Å². The predicted octanol–water partition coefficient (Wildman–Crippen LogP) is 0.564.